The molecule has 2 aromatic heterocycles. The van der Waals surface area contributed by atoms with E-state index in [1.165, 1.54) is 0 Å². The minimum absolute atomic E-state index is 0.115. The summed E-state index contributed by atoms with van der Waals surface area (Å²) in [6.45, 7) is 0.574. The molecule has 0 amide bonds. The van der Waals surface area contributed by atoms with Gasteiger partial charge >= 0.3 is 5.97 Å². The molecule has 1 atom stereocenters. The van der Waals surface area contributed by atoms with Crippen LogP contribution in [0.5, 0.6) is 11.5 Å². The number of carboxylic acids is 1. The van der Waals surface area contributed by atoms with Gasteiger partial charge in [0, 0.05) is 46.2 Å². The lowest BCUT2D eigenvalue weighted by Gasteiger charge is -2.18. The normalized spacial score (nSPS) is 11.8. The predicted octanol–water partition coefficient (Wildman–Crippen LogP) is 7.12. The number of benzene rings is 4. The van der Waals surface area contributed by atoms with E-state index in [1.807, 2.05) is 48.5 Å². The average molecular weight is 652 g/mol. The molecule has 2 heterocycles. The summed E-state index contributed by atoms with van der Waals surface area (Å²) in [6, 6.07) is 29.6. The van der Waals surface area contributed by atoms with Crippen molar-refractivity contribution in [1.82, 2.24) is 20.6 Å². The molecular weight excluding hydrogens is 624 g/mol. The summed E-state index contributed by atoms with van der Waals surface area (Å²) in [4.78, 5) is 16.3. The first-order valence-electron chi connectivity index (χ1n) is 13.8. The van der Waals surface area contributed by atoms with Crippen molar-refractivity contribution in [3.63, 3.8) is 0 Å². The molecule has 0 fully saturated rings. The van der Waals surface area contributed by atoms with Gasteiger partial charge < -0.3 is 14.6 Å². The molecule has 0 spiro atoms. The van der Waals surface area contributed by atoms with Gasteiger partial charge in [-0.15, -0.1) is 0 Å². The van der Waals surface area contributed by atoms with Gasteiger partial charge in [0.2, 0.25) is 0 Å². The summed E-state index contributed by atoms with van der Waals surface area (Å²) in [6.07, 6.45) is 3.41. The third-order valence-electron chi connectivity index (χ3n) is 7.09. The first-order valence-corrected chi connectivity index (χ1v) is 14.6. The summed E-state index contributed by atoms with van der Waals surface area (Å²) < 4.78 is 18.7. The van der Waals surface area contributed by atoms with Gasteiger partial charge in [0.25, 0.3) is 0 Å². The van der Waals surface area contributed by atoms with Crippen LogP contribution in [-0.2, 0) is 24.6 Å². The standard InChI is InChI=1S/C34H27BrN4O5/c35-30-25(14-7-15-26(30)23-10-3-1-4-11-23)21-43-29-17-28(42-20-22-9-8-16-36-18-22)27(32-33(29)39-44-38-32)19-37-31(34(40)41)24-12-5-2-6-13-24/h1-18,31,37H,19-21H2,(H,40,41). The highest BCUT2D eigenvalue weighted by Gasteiger charge is 2.24. The fourth-order valence-corrected chi connectivity index (χ4v) is 5.49. The largest absolute Gasteiger partial charge is 0.488 e. The average Bonchev–Trinajstić information content (AvgIpc) is 3.56. The number of ether oxygens (including phenoxy) is 2. The van der Waals surface area contributed by atoms with Crippen molar-refractivity contribution >= 4 is 32.9 Å². The fourth-order valence-electron chi connectivity index (χ4n) is 4.88. The second kappa shape index (κ2) is 13.5. The van der Waals surface area contributed by atoms with Crippen LogP contribution in [0.1, 0.15) is 28.3 Å². The van der Waals surface area contributed by atoms with Crippen molar-refractivity contribution < 1.29 is 24.0 Å². The summed E-state index contributed by atoms with van der Waals surface area (Å²) in [7, 11) is 0. The number of fused-ring (bicyclic) bond motifs is 1. The molecule has 6 aromatic rings. The van der Waals surface area contributed by atoms with E-state index in [2.05, 4.69) is 54.7 Å². The summed E-state index contributed by atoms with van der Waals surface area (Å²) in [5, 5.41) is 21.4. The minimum Gasteiger partial charge on any atom is -0.488 e. The Balaban J connectivity index is 1.32. The molecule has 10 heteroatoms. The number of aromatic nitrogens is 3. The van der Waals surface area contributed by atoms with E-state index < -0.39 is 12.0 Å². The van der Waals surface area contributed by atoms with Gasteiger partial charge in [-0.25, -0.2) is 4.63 Å². The van der Waals surface area contributed by atoms with E-state index in [0.717, 1.165) is 26.7 Å². The second-order valence-corrected chi connectivity index (χ2v) is 10.8. The maximum atomic E-state index is 12.2. The lowest BCUT2D eigenvalue weighted by Crippen LogP contribution is -2.28. The second-order valence-electron chi connectivity index (χ2n) is 9.96. The monoisotopic (exact) mass is 650 g/mol. The Morgan fingerprint density at radius 1 is 0.864 bits per heavy atom. The molecule has 0 aliphatic rings. The SMILES string of the molecule is O=C(O)C(NCc1c(OCc2cccnc2)cc(OCc2cccc(-c3ccccc3)c2Br)c2nonc12)c1ccccc1. The summed E-state index contributed by atoms with van der Waals surface area (Å²) in [5.74, 6) is -0.137. The van der Waals surface area contributed by atoms with Crippen molar-refractivity contribution in [3.05, 3.63) is 136 Å². The third-order valence-corrected chi connectivity index (χ3v) is 8.03. The van der Waals surface area contributed by atoms with E-state index in [1.54, 1.807) is 42.7 Å². The smallest absolute Gasteiger partial charge is 0.325 e. The van der Waals surface area contributed by atoms with E-state index in [-0.39, 0.29) is 19.8 Å². The molecule has 1 unspecified atom stereocenters. The Morgan fingerprint density at radius 2 is 1.61 bits per heavy atom. The highest BCUT2D eigenvalue weighted by molar-refractivity contribution is 9.10. The van der Waals surface area contributed by atoms with Gasteiger partial charge in [-0.3, -0.25) is 15.1 Å². The molecule has 2 N–H and O–H groups in total. The summed E-state index contributed by atoms with van der Waals surface area (Å²) >= 11 is 3.76. The van der Waals surface area contributed by atoms with E-state index in [4.69, 9.17) is 14.1 Å². The molecule has 4 aromatic carbocycles. The highest BCUT2D eigenvalue weighted by Crippen LogP contribution is 2.37. The maximum Gasteiger partial charge on any atom is 0.325 e. The molecule has 44 heavy (non-hydrogen) atoms. The Bertz CT molecular complexity index is 1870. The Labute approximate surface area is 261 Å². The number of pyridine rings is 1. The van der Waals surface area contributed by atoms with Crippen LogP contribution in [0.2, 0.25) is 0 Å². The van der Waals surface area contributed by atoms with E-state index in [9.17, 15) is 9.90 Å². The number of aliphatic carboxylic acids is 1. The number of carboxylic acid groups (broad SMARTS) is 1. The van der Waals surface area contributed by atoms with E-state index >= 15 is 0 Å². The molecule has 0 saturated carbocycles. The number of nitrogens with one attached hydrogen (secondary N) is 1. The summed E-state index contributed by atoms with van der Waals surface area (Å²) in [5.41, 5.74) is 5.95. The first kappa shape index (κ1) is 29.0. The third kappa shape index (κ3) is 6.46. The molecule has 6 rings (SSSR count). The van der Waals surface area contributed by atoms with Crippen molar-refractivity contribution in [2.45, 2.75) is 25.8 Å². The number of rotatable bonds is 12. The minimum atomic E-state index is -1.01. The molecule has 0 saturated heterocycles. The zero-order valence-electron chi connectivity index (χ0n) is 23.4. The van der Waals surface area contributed by atoms with Gasteiger partial charge in [0.1, 0.15) is 30.5 Å². The zero-order chi connectivity index (χ0) is 30.3. The van der Waals surface area contributed by atoms with Crippen LogP contribution in [0.4, 0.5) is 0 Å². The molecule has 0 radical (unpaired) electrons. The van der Waals surface area contributed by atoms with Crippen LogP contribution in [0.15, 0.2) is 119 Å². The predicted molar refractivity (Wildman–Crippen MR) is 168 cm³/mol. The number of nitrogens with zero attached hydrogens (tertiary/aromatic N) is 3. The zero-order valence-corrected chi connectivity index (χ0v) is 25.0. The molecule has 0 aliphatic heterocycles. The van der Waals surface area contributed by atoms with Gasteiger partial charge in [-0.2, -0.15) is 0 Å². The number of hydrogen-bond acceptors (Lipinski definition) is 8. The van der Waals surface area contributed by atoms with Crippen LogP contribution in [-0.4, -0.2) is 26.4 Å². The van der Waals surface area contributed by atoms with Gasteiger partial charge in [-0.1, -0.05) is 84.9 Å². The van der Waals surface area contributed by atoms with Crippen molar-refractivity contribution in [1.29, 1.82) is 0 Å². The molecular formula is C34H27BrN4O5. The topological polar surface area (TPSA) is 120 Å². The van der Waals surface area contributed by atoms with Crippen molar-refractivity contribution in [2.75, 3.05) is 0 Å². The maximum absolute atomic E-state index is 12.2. The molecule has 0 aliphatic carbocycles. The van der Waals surface area contributed by atoms with Crippen molar-refractivity contribution in [2.24, 2.45) is 0 Å². The van der Waals surface area contributed by atoms with Gasteiger partial charge in [0.05, 0.1) is 0 Å². The van der Waals surface area contributed by atoms with Gasteiger partial charge in [-0.05, 0) is 49.0 Å². The Morgan fingerprint density at radius 3 is 2.36 bits per heavy atom. The number of carbonyl (C=O) groups is 1. The van der Waals surface area contributed by atoms with Crippen LogP contribution in [0.25, 0.3) is 22.2 Å². The van der Waals surface area contributed by atoms with Crippen LogP contribution in [0, 0.1) is 0 Å². The number of hydrogen-bond donors (Lipinski definition) is 2. The highest BCUT2D eigenvalue weighted by atomic mass is 79.9. The van der Waals surface area contributed by atoms with E-state index in [0.29, 0.717) is 33.7 Å². The van der Waals surface area contributed by atoms with Gasteiger partial charge in [0.15, 0.2) is 11.3 Å². The Kier molecular flexibility index (Phi) is 8.90. The molecule has 0 bridgehead atoms. The lowest BCUT2D eigenvalue weighted by atomic mass is 10.0. The fraction of sp³-hybridized carbons (Fsp3) is 0.118. The Hall–Kier alpha value is -5.06. The van der Waals surface area contributed by atoms with Crippen LogP contribution >= 0.6 is 15.9 Å². The first-order chi connectivity index (χ1) is 21.6. The number of halogens is 1. The van der Waals surface area contributed by atoms with Crippen molar-refractivity contribution in [3.8, 4) is 22.6 Å². The molecule has 220 valence electrons. The quantitative estimate of drug-likeness (QED) is 0.143. The van der Waals surface area contributed by atoms with Crippen LogP contribution in [0.3, 0.4) is 0 Å². The van der Waals surface area contributed by atoms with Crippen LogP contribution < -0.4 is 14.8 Å². The lowest BCUT2D eigenvalue weighted by molar-refractivity contribution is -0.139. The molecule has 9 nitrogen and oxygen atoms in total.